The molecule has 0 radical (unpaired) electrons. The Morgan fingerprint density at radius 1 is 1.69 bits per heavy atom. The van der Waals surface area contributed by atoms with Gasteiger partial charge in [0.2, 0.25) is 0 Å². The van der Waals surface area contributed by atoms with E-state index in [1.807, 2.05) is 24.7 Å². The average Bonchev–Trinajstić information content (AvgIpc) is 2.53. The minimum atomic E-state index is -0.546. The SMILES string of the molecule is CCC(CN)C(O)c1nccn1C. The highest BCUT2D eigenvalue weighted by Gasteiger charge is 2.20. The van der Waals surface area contributed by atoms with Gasteiger partial charge >= 0.3 is 0 Å². The fourth-order valence-electron chi connectivity index (χ4n) is 1.39. The van der Waals surface area contributed by atoms with E-state index in [4.69, 9.17) is 5.73 Å². The summed E-state index contributed by atoms with van der Waals surface area (Å²) in [6.45, 7) is 2.51. The molecular weight excluding hydrogens is 166 g/mol. The van der Waals surface area contributed by atoms with E-state index in [-0.39, 0.29) is 5.92 Å². The van der Waals surface area contributed by atoms with E-state index in [9.17, 15) is 5.11 Å². The van der Waals surface area contributed by atoms with Crippen molar-refractivity contribution in [1.29, 1.82) is 0 Å². The van der Waals surface area contributed by atoms with Crippen LogP contribution in [0.4, 0.5) is 0 Å². The Morgan fingerprint density at radius 2 is 2.38 bits per heavy atom. The maximum Gasteiger partial charge on any atom is 0.137 e. The highest BCUT2D eigenvalue weighted by Crippen LogP contribution is 2.21. The second-order valence-corrected chi connectivity index (χ2v) is 3.25. The van der Waals surface area contributed by atoms with Gasteiger partial charge in [-0.1, -0.05) is 6.92 Å². The number of hydrogen-bond acceptors (Lipinski definition) is 3. The topological polar surface area (TPSA) is 64.1 Å². The van der Waals surface area contributed by atoms with Gasteiger partial charge in [-0.15, -0.1) is 0 Å². The zero-order valence-electron chi connectivity index (χ0n) is 8.14. The molecule has 0 amide bonds. The van der Waals surface area contributed by atoms with Gasteiger partial charge in [0.1, 0.15) is 11.9 Å². The molecule has 1 rings (SSSR count). The predicted molar refractivity (Wildman–Crippen MR) is 51.0 cm³/mol. The Balaban J connectivity index is 2.77. The van der Waals surface area contributed by atoms with E-state index in [1.165, 1.54) is 0 Å². The molecule has 4 nitrogen and oxygen atoms in total. The number of aromatic nitrogens is 2. The van der Waals surface area contributed by atoms with Crippen molar-refractivity contribution in [2.75, 3.05) is 6.54 Å². The fourth-order valence-corrected chi connectivity index (χ4v) is 1.39. The van der Waals surface area contributed by atoms with Crippen molar-refractivity contribution in [2.45, 2.75) is 19.4 Å². The number of imidazole rings is 1. The summed E-state index contributed by atoms with van der Waals surface area (Å²) in [5, 5.41) is 9.89. The third-order valence-corrected chi connectivity index (χ3v) is 2.40. The zero-order chi connectivity index (χ0) is 9.84. The molecule has 2 atom stereocenters. The molecule has 1 aromatic heterocycles. The van der Waals surface area contributed by atoms with Crippen LogP contribution in [-0.4, -0.2) is 21.2 Å². The molecule has 1 heterocycles. The Hall–Kier alpha value is -0.870. The van der Waals surface area contributed by atoms with Crippen molar-refractivity contribution in [3.05, 3.63) is 18.2 Å². The van der Waals surface area contributed by atoms with E-state index in [2.05, 4.69) is 4.98 Å². The molecule has 3 N–H and O–H groups in total. The molecule has 0 spiro atoms. The molecule has 4 heteroatoms. The first kappa shape index (κ1) is 10.2. The number of aryl methyl sites for hydroxylation is 1. The average molecular weight is 183 g/mol. The first-order valence-electron chi connectivity index (χ1n) is 4.56. The van der Waals surface area contributed by atoms with Crippen LogP contribution in [0.2, 0.25) is 0 Å². The van der Waals surface area contributed by atoms with Crippen LogP contribution in [0.25, 0.3) is 0 Å². The van der Waals surface area contributed by atoms with Gasteiger partial charge in [0.15, 0.2) is 0 Å². The maximum absolute atomic E-state index is 9.89. The molecule has 0 aromatic carbocycles. The predicted octanol–water partition coefficient (Wildman–Crippen LogP) is 0.438. The minimum Gasteiger partial charge on any atom is -0.385 e. The van der Waals surface area contributed by atoms with Gasteiger partial charge in [0.25, 0.3) is 0 Å². The summed E-state index contributed by atoms with van der Waals surface area (Å²) >= 11 is 0. The normalized spacial score (nSPS) is 15.7. The van der Waals surface area contributed by atoms with Crippen LogP contribution >= 0.6 is 0 Å². The van der Waals surface area contributed by atoms with Gasteiger partial charge in [-0.3, -0.25) is 0 Å². The fraction of sp³-hybridized carbons (Fsp3) is 0.667. The lowest BCUT2D eigenvalue weighted by Crippen LogP contribution is -2.23. The van der Waals surface area contributed by atoms with Crippen LogP contribution in [0, 0.1) is 5.92 Å². The lowest BCUT2D eigenvalue weighted by Gasteiger charge is -2.19. The first-order chi connectivity index (χ1) is 6.20. The Bertz CT molecular complexity index is 255. The molecule has 0 aliphatic heterocycles. The summed E-state index contributed by atoms with van der Waals surface area (Å²) in [4.78, 5) is 4.09. The molecule has 0 saturated heterocycles. The Labute approximate surface area is 78.4 Å². The van der Waals surface area contributed by atoms with Gasteiger partial charge in [-0.25, -0.2) is 4.98 Å². The third-order valence-electron chi connectivity index (χ3n) is 2.40. The monoisotopic (exact) mass is 183 g/mol. The van der Waals surface area contributed by atoms with Crippen LogP contribution < -0.4 is 5.73 Å². The standard InChI is InChI=1S/C9H17N3O/c1-3-7(6-10)8(13)9-11-4-5-12(9)2/h4-5,7-8,13H,3,6,10H2,1-2H3. The lowest BCUT2D eigenvalue weighted by molar-refractivity contribution is 0.0985. The summed E-state index contributed by atoms with van der Waals surface area (Å²) in [5.74, 6) is 0.790. The molecule has 74 valence electrons. The summed E-state index contributed by atoms with van der Waals surface area (Å²) in [6.07, 6.45) is 3.82. The Kier molecular flexibility index (Phi) is 3.45. The molecule has 0 bridgehead atoms. The van der Waals surface area contributed by atoms with Crippen LogP contribution in [0.1, 0.15) is 25.3 Å². The van der Waals surface area contributed by atoms with Gasteiger partial charge in [0, 0.05) is 25.4 Å². The summed E-state index contributed by atoms with van der Waals surface area (Å²) in [5.41, 5.74) is 5.54. The highest BCUT2D eigenvalue weighted by atomic mass is 16.3. The van der Waals surface area contributed by atoms with E-state index in [0.717, 1.165) is 6.42 Å². The molecule has 13 heavy (non-hydrogen) atoms. The summed E-state index contributed by atoms with van der Waals surface area (Å²) in [6, 6.07) is 0. The molecule has 0 fully saturated rings. The molecule has 0 saturated carbocycles. The van der Waals surface area contributed by atoms with Crippen molar-refractivity contribution in [2.24, 2.45) is 18.7 Å². The van der Waals surface area contributed by atoms with Gasteiger partial charge in [-0.2, -0.15) is 0 Å². The first-order valence-corrected chi connectivity index (χ1v) is 4.56. The van der Waals surface area contributed by atoms with Crippen LogP contribution in [0.3, 0.4) is 0 Å². The Morgan fingerprint density at radius 3 is 2.77 bits per heavy atom. The van der Waals surface area contributed by atoms with Crippen molar-refractivity contribution in [3.8, 4) is 0 Å². The van der Waals surface area contributed by atoms with E-state index >= 15 is 0 Å². The number of aliphatic hydroxyl groups is 1. The number of nitrogens with zero attached hydrogens (tertiary/aromatic N) is 2. The van der Waals surface area contributed by atoms with Crippen molar-refractivity contribution in [1.82, 2.24) is 9.55 Å². The number of aliphatic hydroxyl groups excluding tert-OH is 1. The lowest BCUT2D eigenvalue weighted by atomic mass is 9.99. The zero-order valence-corrected chi connectivity index (χ0v) is 8.14. The molecule has 2 unspecified atom stereocenters. The van der Waals surface area contributed by atoms with E-state index < -0.39 is 6.10 Å². The van der Waals surface area contributed by atoms with Crippen LogP contribution in [-0.2, 0) is 7.05 Å². The van der Waals surface area contributed by atoms with E-state index in [1.54, 1.807) is 6.20 Å². The van der Waals surface area contributed by atoms with Crippen molar-refractivity contribution in [3.63, 3.8) is 0 Å². The van der Waals surface area contributed by atoms with Crippen LogP contribution in [0.5, 0.6) is 0 Å². The molecule has 0 aliphatic rings. The van der Waals surface area contributed by atoms with Gasteiger partial charge in [0.05, 0.1) is 0 Å². The maximum atomic E-state index is 9.89. The highest BCUT2D eigenvalue weighted by molar-refractivity contribution is 4.97. The number of rotatable bonds is 4. The molecule has 0 aliphatic carbocycles. The smallest absolute Gasteiger partial charge is 0.137 e. The second kappa shape index (κ2) is 4.39. The summed E-state index contributed by atoms with van der Waals surface area (Å²) < 4.78 is 1.82. The molecular formula is C9H17N3O. The summed E-state index contributed by atoms with van der Waals surface area (Å²) in [7, 11) is 1.87. The molecule has 1 aromatic rings. The number of nitrogens with two attached hydrogens (primary N) is 1. The van der Waals surface area contributed by atoms with Crippen molar-refractivity contribution < 1.29 is 5.11 Å². The van der Waals surface area contributed by atoms with Gasteiger partial charge in [-0.05, 0) is 13.0 Å². The largest absolute Gasteiger partial charge is 0.385 e. The number of hydrogen-bond donors (Lipinski definition) is 2. The van der Waals surface area contributed by atoms with E-state index in [0.29, 0.717) is 12.4 Å². The van der Waals surface area contributed by atoms with Crippen molar-refractivity contribution >= 4 is 0 Å². The minimum absolute atomic E-state index is 0.0982. The second-order valence-electron chi connectivity index (χ2n) is 3.25. The van der Waals surface area contributed by atoms with Crippen LogP contribution in [0.15, 0.2) is 12.4 Å². The van der Waals surface area contributed by atoms with Gasteiger partial charge < -0.3 is 15.4 Å². The third kappa shape index (κ3) is 2.08. The quantitative estimate of drug-likeness (QED) is 0.712.